The summed E-state index contributed by atoms with van der Waals surface area (Å²) in [6.45, 7) is 0. The van der Waals surface area contributed by atoms with Gasteiger partial charge in [0.1, 0.15) is 5.76 Å². The summed E-state index contributed by atoms with van der Waals surface area (Å²) in [5.74, 6) is 0.509. The van der Waals surface area contributed by atoms with E-state index in [2.05, 4.69) is 0 Å². The fraction of sp³-hybridized carbons (Fsp3) is 0.286. The Bertz CT molecular complexity index is 203. The molecule has 3 heteroatoms. The molecule has 0 saturated carbocycles. The minimum Gasteiger partial charge on any atom is -0.469 e. The van der Waals surface area contributed by atoms with Gasteiger partial charge < -0.3 is 10.2 Å². The lowest BCUT2D eigenvalue weighted by Crippen LogP contribution is -2.10. The quantitative estimate of drug-likeness (QED) is 0.670. The van der Waals surface area contributed by atoms with Crippen molar-refractivity contribution in [2.24, 2.45) is 5.73 Å². The third-order valence-electron chi connectivity index (χ3n) is 1.20. The Hall–Kier alpha value is -1.25. The van der Waals surface area contributed by atoms with Crippen LogP contribution in [0.25, 0.3) is 0 Å². The fourth-order valence-electron chi connectivity index (χ4n) is 0.701. The van der Waals surface area contributed by atoms with Gasteiger partial charge in [0.05, 0.1) is 6.26 Å². The first-order valence-electron chi connectivity index (χ1n) is 3.10. The van der Waals surface area contributed by atoms with Crippen LogP contribution in [0.5, 0.6) is 0 Å². The van der Waals surface area contributed by atoms with Crippen molar-refractivity contribution < 1.29 is 9.21 Å². The van der Waals surface area contributed by atoms with E-state index in [1.807, 2.05) is 6.07 Å². The number of furan rings is 1. The average Bonchev–Trinajstić information content (AvgIpc) is 2.34. The number of rotatable bonds is 3. The molecule has 0 aliphatic rings. The van der Waals surface area contributed by atoms with Crippen LogP contribution >= 0.6 is 0 Å². The summed E-state index contributed by atoms with van der Waals surface area (Å²) in [6.07, 6.45) is 2.53. The molecule has 10 heavy (non-hydrogen) atoms. The van der Waals surface area contributed by atoms with E-state index in [0.717, 1.165) is 5.76 Å². The zero-order valence-electron chi connectivity index (χ0n) is 5.54. The van der Waals surface area contributed by atoms with Crippen LogP contribution in [0.15, 0.2) is 22.8 Å². The van der Waals surface area contributed by atoms with Crippen molar-refractivity contribution in [2.45, 2.75) is 12.8 Å². The van der Waals surface area contributed by atoms with Crippen molar-refractivity contribution in [3.8, 4) is 0 Å². The standard InChI is InChI=1S/C7H9NO2/c8-7(9)4-3-6-2-1-5-10-6/h1-2,5H,3-4H2,(H2,8,9). The summed E-state index contributed by atoms with van der Waals surface area (Å²) in [7, 11) is 0. The van der Waals surface area contributed by atoms with Gasteiger partial charge in [0, 0.05) is 12.8 Å². The minimum absolute atomic E-state index is 0.295. The number of hydrogen-bond acceptors (Lipinski definition) is 2. The topological polar surface area (TPSA) is 56.2 Å². The molecule has 0 spiro atoms. The molecule has 0 saturated heterocycles. The molecule has 0 unspecified atom stereocenters. The van der Waals surface area contributed by atoms with Gasteiger partial charge in [0.25, 0.3) is 0 Å². The van der Waals surface area contributed by atoms with Gasteiger partial charge in [0.15, 0.2) is 0 Å². The first kappa shape index (κ1) is 6.86. The van der Waals surface area contributed by atoms with Crippen molar-refractivity contribution in [2.75, 3.05) is 0 Å². The molecule has 0 fully saturated rings. The van der Waals surface area contributed by atoms with Crippen LogP contribution in [-0.2, 0) is 11.2 Å². The van der Waals surface area contributed by atoms with E-state index in [1.54, 1.807) is 12.3 Å². The molecular weight excluding hydrogens is 130 g/mol. The van der Waals surface area contributed by atoms with E-state index in [1.165, 1.54) is 0 Å². The molecule has 0 atom stereocenters. The monoisotopic (exact) mass is 139 g/mol. The Kier molecular flexibility index (Phi) is 2.10. The van der Waals surface area contributed by atoms with Gasteiger partial charge in [-0.25, -0.2) is 0 Å². The number of aryl methyl sites for hydroxylation is 1. The highest BCUT2D eigenvalue weighted by atomic mass is 16.3. The molecule has 1 aromatic rings. The van der Waals surface area contributed by atoms with Gasteiger partial charge in [-0.05, 0) is 12.1 Å². The second-order valence-electron chi connectivity index (χ2n) is 2.05. The largest absolute Gasteiger partial charge is 0.469 e. The molecule has 1 rings (SSSR count). The van der Waals surface area contributed by atoms with E-state index in [4.69, 9.17) is 10.2 Å². The highest BCUT2D eigenvalue weighted by Crippen LogP contribution is 2.02. The van der Waals surface area contributed by atoms with Gasteiger partial charge in [-0.2, -0.15) is 0 Å². The van der Waals surface area contributed by atoms with Gasteiger partial charge in [-0.3, -0.25) is 4.79 Å². The van der Waals surface area contributed by atoms with E-state index in [-0.39, 0.29) is 5.91 Å². The van der Waals surface area contributed by atoms with Crippen LogP contribution in [0.1, 0.15) is 12.2 Å². The molecule has 0 aromatic carbocycles. The summed E-state index contributed by atoms with van der Waals surface area (Å²) in [5.41, 5.74) is 4.93. The third kappa shape index (κ3) is 1.93. The Balaban J connectivity index is 2.35. The second-order valence-corrected chi connectivity index (χ2v) is 2.05. The maximum Gasteiger partial charge on any atom is 0.217 e. The minimum atomic E-state index is -0.295. The van der Waals surface area contributed by atoms with Gasteiger partial charge >= 0.3 is 0 Å². The molecule has 1 aromatic heterocycles. The van der Waals surface area contributed by atoms with Crippen LogP contribution in [0.2, 0.25) is 0 Å². The average molecular weight is 139 g/mol. The lowest BCUT2D eigenvalue weighted by atomic mass is 10.2. The molecule has 0 aliphatic carbocycles. The normalized spacial score (nSPS) is 9.60. The van der Waals surface area contributed by atoms with Crippen molar-refractivity contribution >= 4 is 5.91 Å². The molecule has 0 bridgehead atoms. The molecule has 3 nitrogen and oxygen atoms in total. The number of primary amides is 1. The van der Waals surface area contributed by atoms with Crippen LogP contribution < -0.4 is 5.73 Å². The molecule has 54 valence electrons. The first-order chi connectivity index (χ1) is 4.79. The molecule has 1 amide bonds. The van der Waals surface area contributed by atoms with Gasteiger partial charge in [-0.1, -0.05) is 0 Å². The number of carbonyl (C=O) groups is 1. The van der Waals surface area contributed by atoms with E-state index in [0.29, 0.717) is 12.8 Å². The lowest BCUT2D eigenvalue weighted by Gasteiger charge is -1.90. The third-order valence-corrected chi connectivity index (χ3v) is 1.20. The highest BCUT2D eigenvalue weighted by Gasteiger charge is 1.97. The summed E-state index contributed by atoms with van der Waals surface area (Å²) in [5, 5.41) is 0. The predicted octanol–water partition coefficient (Wildman–Crippen LogP) is 0.697. The second kappa shape index (κ2) is 3.06. The number of hydrogen-bond donors (Lipinski definition) is 1. The summed E-state index contributed by atoms with van der Waals surface area (Å²) < 4.78 is 4.98. The maximum absolute atomic E-state index is 10.3. The van der Waals surface area contributed by atoms with Crippen LogP contribution in [0.3, 0.4) is 0 Å². The van der Waals surface area contributed by atoms with Crippen molar-refractivity contribution in [1.29, 1.82) is 0 Å². The molecule has 1 heterocycles. The maximum atomic E-state index is 10.3. The van der Waals surface area contributed by atoms with Crippen LogP contribution in [0.4, 0.5) is 0 Å². The zero-order valence-corrected chi connectivity index (χ0v) is 5.54. The van der Waals surface area contributed by atoms with Gasteiger partial charge in [0.2, 0.25) is 5.91 Å². The van der Waals surface area contributed by atoms with Crippen molar-refractivity contribution in [3.63, 3.8) is 0 Å². The summed E-state index contributed by atoms with van der Waals surface area (Å²) in [6, 6.07) is 3.61. The summed E-state index contributed by atoms with van der Waals surface area (Å²) >= 11 is 0. The predicted molar refractivity (Wildman–Crippen MR) is 36.2 cm³/mol. The van der Waals surface area contributed by atoms with Crippen molar-refractivity contribution in [3.05, 3.63) is 24.2 Å². The molecule has 0 aliphatic heterocycles. The Labute approximate surface area is 58.8 Å². The fourth-order valence-corrected chi connectivity index (χ4v) is 0.701. The van der Waals surface area contributed by atoms with E-state index in [9.17, 15) is 4.79 Å². The Morgan fingerprint density at radius 1 is 1.70 bits per heavy atom. The molecule has 0 radical (unpaired) electrons. The zero-order chi connectivity index (χ0) is 7.40. The smallest absolute Gasteiger partial charge is 0.217 e. The van der Waals surface area contributed by atoms with Crippen molar-refractivity contribution in [1.82, 2.24) is 0 Å². The lowest BCUT2D eigenvalue weighted by molar-refractivity contribution is -0.118. The number of amides is 1. The number of nitrogens with two attached hydrogens (primary N) is 1. The summed E-state index contributed by atoms with van der Waals surface area (Å²) in [4.78, 5) is 10.3. The van der Waals surface area contributed by atoms with Gasteiger partial charge in [-0.15, -0.1) is 0 Å². The van der Waals surface area contributed by atoms with Crippen LogP contribution in [-0.4, -0.2) is 5.91 Å². The Morgan fingerprint density at radius 2 is 2.50 bits per heavy atom. The van der Waals surface area contributed by atoms with Crippen LogP contribution in [0, 0.1) is 0 Å². The van der Waals surface area contributed by atoms with E-state index < -0.39 is 0 Å². The number of carbonyl (C=O) groups excluding carboxylic acids is 1. The molecular formula is C7H9NO2. The Morgan fingerprint density at radius 3 is 3.00 bits per heavy atom. The molecule has 2 N–H and O–H groups in total. The van der Waals surface area contributed by atoms with E-state index >= 15 is 0 Å². The highest BCUT2D eigenvalue weighted by molar-refractivity contribution is 5.73. The first-order valence-corrected chi connectivity index (χ1v) is 3.10. The SMILES string of the molecule is NC(=O)CCc1ccco1.